The van der Waals surface area contributed by atoms with Crippen LogP contribution in [0.5, 0.6) is 0 Å². The van der Waals surface area contributed by atoms with E-state index in [4.69, 9.17) is 0 Å². The molecule has 0 rings (SSSR count). The van der Waals surface area contributed by atoms with Crippen molar-refractivity contribution in [3.05, 3.63) is 11.6 Å². The average Bonchev–Trinajstić information content (AvgIpc) is 2.02. The van der Waals surface area contributed by atoms with Crippen molar-refractivity contribution in [1.29, 1.82) is 0 Å². The Morgan fingerprint density at radius 3 is 2.17 bits per heavy atom. The molecule has 1 atom stereocenters. The number of nitrogens with zero attached hydrogens (tertiary/aromatic N) is 1. The zero-order valence-electron chi connectivity index (χ0n) is 9.39. The van der Waals surface area contributed by atoms with Crippen LogP contribution in [0.15, 0.2) is 11.6 Å². The van der Waals surface area contributed by atoms with Gasteiger partial charge >= 0.3 is 0 Å². The highest BCUT2D eigenvalue weighted by Gasteiger charge is 2.11. The molecule has 1 heteroatoms. The molecule has 0 bridgehead atoms. The van der Waals surface area contributed by atoms with Crippen LogP contribution >= 0.6 is 0 Å². The van der Waals surface area contributed by atoms with E-state index in [-0.39, 0.29) is 0 Å². The third-order valence-electron chi connectivity index (χ3n) is 2.62. The van der Waals surface area contributed by atoms with Crippen LogP contribution in [-0.2, 0) is 0 Å². The predicted octanol–water partition coefficient (Wildman–Crippen LogP) is 3.07. The molecule has 72 valence electrons. The molecule has 0 N–H and O–H groups in total. The quantitative estimate of drug-likeness (QED) is 0.585. The molecule has 1 unspecified atom stereocenters. The summed E-state index contributed by atoms with van der Waals surface area (Å²) in [4.78, 5) is 2.41. The molecule has 0 aliphatic rings. The summed E-state index contributed by atoms with van der Waals surface area (Å²) in [5, 5.41) is 0. The number of hydrogen-bond donors (Lipinski definition) is 0. The van der Waals surface area contributed by atoms with Crippen molar-refractivity contribution in [3.8, 4) is 0 Å². The second-order valence-electron chi connectivity index (χ2n) is 3.95. The molecule has 12 heavy (non-hydrogen) atoms. The molecule has 0 aromatic rings. The monoisotopic (exact) mass is 169 g/mol. The van der Waals surface area contributed by atoms with E-state index in [1.165, 1.54) is 12.0 Å². The Kier molecular flexibility index (Phi) is 5.23. The van der Waals surface area contributed by atoms with Gasteiger partial charge in [-0.25, -0.2) is 0 Å². The van der Waals surface area contributed by atoms with Gasteiger partial charge in [0.2, 0.25) is 0 Å². The number of hydrogen-bond acceptors (Lipinski definition) is 1. The third-order valence-corrected chi connectivity index (χ3v) is 2.62. The Labute approximate surface area is 77.5 Å². The summed E-state index contributed by atoms with van der Waals surface area (Å²) >= 11 is 0. The van der Waals surface area contributed by atoms with Gasteiger partial charge in [-0.15, -0.1) is 0 Å². The highest BCUT2D eigenvalue weighted by molar-refractivity contribution is 4.98. The van der Waals surface area contributed by atoms with E-state index in [1.54, 1.807) is 0 Å². The normalized spacial score (nSPS) is 15.8. The largest absolute Gasteiger partial charge is 0.301 e. The average molecular weight is 169 g/mol. The SMILES string of the molecule is C/C=C(\C)CC(C)N(C)C(C)C. The lowest BCUT2D eigenvalue weighted by atomic mass is 10.1. The van der Waals surface area contributed by atoms with Crippen molar-refractivity contribution in [1.82, 2.24) is 4.90 Å². The highest BCUT2D eigenvalue weighted by atomic mass is 15.1. The van der Waals surface area contributed by atoms with Crippen molar-refractivity contribution >= 4 is 0 Å². The summed E-state index contributed by atoms with van der Waals surface area (Å²) in [5.74, 6) is 0. The molecule has 0 aliphatic heterocycles. The minimum Gasteiger partial charge on any atom is -0.301 e. The van der Waals surface area contributed by atoms with Gasteiger partial charge in [-0.1, -0.05) is 11.6 Å². The summed E-state index contributed by atoms with van der Waals surface area (Å²) in [6.07, 6.45) is 3.38. The van der Waals surface area contributed by atoms with Crippen LogP contribution in [0.25, 0.3) is 0 Å². The van der Waals surface area contributed by atoms with Gasteiger partial charge < -0.3 is 4.90 Å². The Morgan fingerprint density at radius 2 is 1.83 bits per heavy atom. The van der Waals surface area contributed by atoms with Gasteiger partial charge in [0.25, 0.3) is 0 Å². The molecule has 0 saturated carbocycles. The van der Waals surface area contributed by atoms with E-state index in [1.807, 2.05) is 0 Å². The van der Waals surface area contributed by atoms with Crippen molar-refractivity contribution in [3.63, 3.8) is 0 Å². The van der Waals surface area contributed by atoms with Gasteiger partial charge in [0.1, 0.15) is 0 Å². The van der Waals surface area contributed by atoms with Gasteiger partial charge in [-0.2, -0.15) is 0 Å². The first-order valence-corrected chi connectivity index (χ1v) is 4.82. The van der Waals surface area contributed by atoms with Gasteiger partial charge in [-0.3, -0.25) is 0 Å². The standard InChI is InChI=1S/C11H23N/c1-7-10(4)8-11(5)12(6)9(2)3/h7,9,11H,8H2,1-6H3/b10-7+. The summed E-state index contributed by atoms with van der Waals surface area (Å²) in [7, 11) is 2.19. The number of rotatable bonds is 4. The van der Waals surface area contributed by atoms with E-state index in [9.17, 15) is 0 Å². The van der Waals surface area contributed by atoms with E-state index in [0.717, 1.165) is 0 Å². The lowest BCUT2D eigenvalue weighted by Crippen LogP contribution is -2.35. The maximum absolute atomic E-state index is 2.41. The Bertz CT molecular complexity index is 147. The molecular weight excluding hydrogens is 146 g/mol. The van der Waals surface area contributed by atoms with Crippen LogP contribution in [0.3, 0.4) is 0 Å². The summed E-state index contributed by atoms with van der Waals surface area (Å²) in [6, 6.07) is 1.30. The molecular formula is C11H23N. The Hall–Kier alpha value is -0.300. The summed E-state index contributed by atoms with van der Waals surface area (Å²) in [6.45, 7) is 11.1. The third kappa shape index (κ3) is 3.91. The molecule has 0 spiro atoms. The zero-order chi connectivity index (χ0) is 9.72. The van der Waals surface area contributed by atoms with Crippen LogP contribution < -0.4 is 0 Å². The lowest BCUT2D eigenvalue weighted by molar-refractivity contribution is 0.207. The summed E-state index contributed by atoms with van der Waals surface area (Å²) < 4.78 is 0. The molecule has 0 fully saturated rings. The minimum absolute atomic E-state index is 0.643. The molecule has 0 aromatic heterocycles. The smallest absolute Gasteiger partial charge is 0.0104 e. The molecule has 0 amide bonds. The second-order valence-corrected chi connectivity index (χ2v) is 3.95. The van der Waals surface area contributed by atoms with Crippen LogP contribution in [0.2, 0.25) is 0 Å². The van der Waals surface area contributed by atoms with E-state index >= 15 is 0 Å². The molecule has 0 saturated heterocycles. The van der Waals surface area contributed by atoms with Gasteiger partial charge in [0, 0.05) is 12.1 Å². The number of allylic oxidation sites excluding steroid dienone is 1. The van der Waals surface area contributed by atoms with Crippen LogP contribution in [0.4, 0.5) is 0 Å². The fraction of sp³-hybridized carbons (Fsp3) is 0.818. The van der Waals surface area contributed by atoms with Crippen molar-refractivity contribution in [2.75, 3.05) is 7.05 Å². The van der Waals surface area contributed by atoms with E-state index in [0.29, 0.717) is 12.1 Å². The van der Waals surface area contributed by atoms with Crippen molar-refractivity contribution in [2.45, 2.75) is 53.1 Å². The van der Waals surface area contributed by atoms with Crippen molar-refractivity contribution in [2.24, 2.45) is 0 Å². The fourth-order valence-corrected chi connectivity index (χ4v) is 1.24. The fourth-order valence-electron chi connectivity index (χ4n) is 1.24. The molecule has 1 nitrogen and oxygen atoms in total. The highest BCUT2D eigenvalue weighted by Crippen LogP contribution is 2.11. The van der Waals surface area contributed by atoms with Gasteiger partial charge in [0.05, 0.1) is 0 Å². The topological polar surface area (TPSA) is 3.24 Å². The van der Waals surface area contributed by atoms with Gasteiger partial charge in [0.15, 0.2) is 0 Å². The van der Waals surface area contributed by atoms with E-state index in [2.05, 4.69) is 52.6 Å². The lowest BCUT2D eigenvalue weighted by Gasteiger charge is -2.28. The second kappa shape index (κ2) is 5.36. The predicted molar refractivity (Wildman–Crippen MR) is 56.4 cm³/mol. The molecule has 0 aliphatic carbocycles. The van der Waals surface area contributed by atoms with Crippen LogP contribution in [0, 0.1) is 0 Å². The van der Waals surface area contributed by atoms with Crippen molar-refractivity contribution < 1.29 is 0 Å². The summed E-state index contributed by atoms with van der Waals surface area (Å²) in [5.41, 5.74) is 1.48. The first-order chi connectivity index (χ1) is 5.49. The van der Waals surface area contributed by atoms with E-state index < -0.39 is 0 Å². The molecule has 0 aromatic carbocycles. The molecule has 0 heterocycles. The maximum atomic E-state index is 2.41. The minimum atomic E-state index is 0.643. The van der Waals surface area contributed by atoms with Crippen LogP contribution in [-0.4, -0.2) is 24.0 Å². The zero-order valence-corrected chi connectivity index (χ0v) is 9.39. The first kappa shape index (κ1) is 11.7. The van der Waals surface area contributed by atoms with Gasteiger partial charge in [-0.05, 0) is 48.1 Å². The molecule has 0 radical (unpaired) electrons. The van der Waals surface area contributed by atoms with Crippen LogP contribution in [0.1, 0.15) is 41.0 Å². The first-order valence-electron chi connectivity index (χ1n) is 4.82. The maximum Gasteiger partial charge on any atom is 0.0104 e. The Morgan fingerprint density at radius 1 is 1.33 bits per heavy atom. The Balaban J connectivity index is 3.95.